The fourth-order valence-corrected chi connectivity index (χ4v) is 5.03. The van der Waals surface area contributed by atoms with Crippen molar-refractivity contribution in [3.05, 3.63) is 47.0 Å². The normalized spacial score (nSPS) is 20.4. The van der Waals surface area contributed by atoms with Crippen molar-refractivity contribution >= 4 is 21.6 Å². The molecule has 0 saturated carbocycles. The quantitative estimate of drug-likeness (QED) is 0.899. The van der Waals surface area contributed by atoms with Crippen LogP contribution in [0.15, 0.2) is 35.5 Å². The van der Waals surface area contributed by atoms with E-state index in [1.807, 2.05) is 0 Å². The van der Waals surface area contributed by atoms with Crippen LogP contribution in [0.1, 0.15) is 24.4 Å². The zero-order chi connectivity index (χ0) is 17.3. The number of aryl methyl sites for hydroxylation is 1. The van der Waals surface area contributed by atoms with Gasteiger partial charge in [-0.15, -0.1) is 0 Å². The minimum atomic E-state index is -3.59. The molecule has 1 atom stereocenters. The second kappa shape index (κ2) is 6.84. The second-order valence-corrected chi connectivity index (χ2v) is 8.23. The average molecular weight is 369 g/mol. The van der Waals surface area contributed by atoms with Crippen molar-refractivity contribution in [1.29, 1.82) is 0 Å². The number of halogens is 1. The van der Waals surface area contributed by atoms with Gasteiger partial charge in [-0.1, -0.05) is 24.6 Å². The Labute approximate surface area is 147 Å². The maximum absolute atomic E-state index is 13.1. The van der Waals surface area contributed by atoms with E-state index in [0.29, 0.717) is 30.2 Å². The summed E-state index contributed by atoms with van der Waals surface area (Å²) < 4.78 is 27.7. The number of aromatic amines is 1. The van der Waals surface area contributed by atoms with Gasteiger partial charge in [-0.05, 0) is 31.2 Å². The van der Waals surface area contributed by atoms with E-state index in [-0.39, 0.29) is 10.9 Å². The summed E-state index contributed by atoms with van der Waals surface area (Å²) in [5.41, 5.74) is 0.701. The van der Waals surface area contributed by atoms with Gasteiger partial charge >= 0.3 is 0 Å². The number of likely N-dealkylation sites (N-methyl/N-ethyl adjacent to an activating group) is 1. The summed E-state index contributed by atoms with van der Waals surface area (Å²) in [5, 5.41) is 0.425. The van der Waals surface area contributed by atoms with Gasteiger partial charge in [-0.25, -0.2) is 13.4 Å². The first-order valence-electron chi connectivity index (χ1n) is 7.93. The van der Waals surface area contributed by atoms with Gasteiger partial charge < -0.3 is 4.98 Å². The molecule has 1 fully saturated rings. The fourth-order valence-electron chi connectivity index (χ4n) is 3.10. The molecule has 1 aliphatic heterocycles. The maximum atomic E-state index is 13.1. The summed E-state index contributed by atoms with van der Waals surface area (Å²) >= 11 is 6.01. The molecule has 1 aliphatic rings. The van der Waals surface area contributed by atoms with E-state index in [4.69, 9.17) is 11.6 Å². The van der Waals surface area contributed by atoms with Gasteiger partial charge in [0, 0.05) is 37.1 Å². The molecular weight excluding hydrogens is 348 g/mol. The smallest absolute Gasteiger partial charge is 0.243 e. The highest BCUT2D eigenvalue weighted by molar-refractivity contribution is 7.89. The predicted molar refractivity (Wildman–Crippen MR) is 93.5 cm³/mol. The third-order valence-corrected chi connectivity index (χ3v) is 6.71. The molecule has 0 spiro atoms. The largest absolute Gasteiger partial charge is 0.347 e. The molecule has 1 aromatic heterocycles. The van der Waals surface area contributed by atoms with Crippen molar-refractivity contribution in [1.82, 2.24) is 19.2 Å². The summed E-state index contributed by atoms with van der Waals surface area (Å²) in [7, 11) is -3.59. The first-order chi connectivity index (χ1) is 11.4. The zero-order valence-electron chi connectivity index (χ0n) is 13.7. The van der Waals surface area contributed by atoms with Crippen molar-refractivity contribution in [2.24, 2.45) is 0 Å². The highest BCUT2D eigenvalue weighted by atomic mass is 35.5. The van der Waals surface area contributed by atoms with E-state index in [9.17, 15) is 8.42 Å². The predicted octanol–water partition coefficient (Wildman–Crippen LogP) is 2.44. The Morgan fingerprint density at radius 3 is 2.83 bits per heavy atom. The highest BCUT2D eigenvalue weighted by Crippen LogP contribution is 2.29. The Bertz CT molecular complexity index is 807. The average Bonchev–Trinajstić information content (AvgIpc) is 3.10. The molecule has 6 nitrogen and oxygen atoms in total. The lowest BCUT2D eigenvalue weighted by Gasteiger charge is -2.39. The molecular formula is C16H21ClN4O2S. The molecule has 0 radical (unpaired) electrons. The van der Waals surface area contributed by atoms with Gasteiger partial charge in [0.2, 0.25) is 10.0 Å². The molecule has 8 heteroatoms. The van der Waals surface area contributed by atoms with Crippen LogP contribution in [0.4, 0.5) is 0 Å². The van der Waals surface area contributed by atoms with Crippen LogP contribution in [0.2, 0.25) is 5.02 Å². The van der Waals surface area contributed by atoms with Crippen LogP contribution in [0.25, 0.3) is 0 Å². The van der Waals surface area contributed by atoms with E-state index in [2.05, 4.69) is 21.8 Å². The lowest BCUT2D eigenvalue weighted by molar-refractivity contribution is 0.119. The molecule has 130 valence electrons. The third-order valence-electron chi connectivity index (χ3n) is 4.46. The summed E-state index contributed by atoms with van der Waals surface area (Å²) in [4.78, 5) is 9.94. The molecule has 0 bridgehead atoms. The van der Waals surface area contributed by atoms with Gasteiger partial charge in [0.25, 0.3) is 0 Å². The van der Waals surface area contributed by atoms with Crippen molar-refractivity contribution < 1.29 is 8.42 Å². The monoisotopic (exact) mass is 368 g/mol. The van der Waals surface area contributed by atoms with E-state index in [0.717, 1.165) is 12.4 Å². The van der Waals surface area contributed by atoms with Gasteiger partial charge in [-0.3, -0.25) is 4.90 Å². The Morgan fingerprint density at radius 1 is 1.38 bits per heavy atom. The van der Waals surface area contributed by atoms with E-state index in [1.54, 1.807) is 31.5 Å². The first-order valence-corrected chi connectivity index (χ1v) is 9.75. The number of H-pyrrole nitrogens is 1. The number of hydrogen-bond donors (Lipinski definition) is 1. The minimum Gasteiger partial charge on any atom is -0.347 e. The van der Waals surface area contributed by atoms with Crippen LogP contribution in [0.5, 0.6) is 0 Å². The topological polar surface area (TPSA) is 69.3 Å². The van der Waals surface area contributed by atoms with Crippen LogP contribution in [0.3, 0.4) is 0 Å². The molecule has 0 unspecified atom stereocenters. The number of imidazole rings is 1. The SMILES string of the molecule is CCN1CCN(S(=O)(=O)c2cc(Cl)ccc2C)C[C@@H]1c1ncc[nH]1. The van der Waals surface area contributed by atoms with Crippen LogP contribution in [-0.4, -0.2) is 53.8 Å². The van der Waals surface area contributed by atoms with Gasteiger partial charge in [0.1, 0.15) is 5.82 Å². The summed E-state index contributed by atoms with van der Waals surface area (Å²) in [6, 6.07) is 4.89. The summed E-state index contributed by atoms with van der Waals surface area (Å²) in [6.45, 7) is 6.20. The van der Waals surface area contributed by atoms with E-state index < -0.39 is 10.0 Å². The van der Waals surface area contributed by atoms with Crippen molar-refractivity contribution in [3.8, 4) is 0 Å². The Morgan fingerprint density at radius 2 is 2.17 bits per heavy atom. The number of rotatable bonds is 4. The molecule has 2 aromatic rings. The Hall–Kier alpha value is -1.41. The fraction of sp³-hybridized carbons (Fsp3) is 0.438. The van der Waals surface area contributed by atoms with Crippen LogP contribution < -0.4 is 0 Å². The van der Waals surface area contributed by atoms with Crippen molar-refractivity contribution in [2.75, 3.05) is 26.2 Å². The number of sulfonamides is 1. The van der Waals surface area contributed by atoms with Crippen LogP contribution in [0, 0.1) is 6.92 Å². The summed E-state index contributed by atoms with van der Waals surface area (Å²) in [6.07, 6.45) is 3.45. The molecule has 0 amide bonds. The number of nitrogens with one attached hydrogen (secondary N) is 1. The Balaban J connectivity index is 1.93. The maximum Gasteiger partial charge on any atom is 0.243 e. The summed E-state index contributed by atoms with van der Waals surface area (Å²) in [5.74, 6) is 0.791. The molecule has 3 rings (SSSR count). The van der Waals surface area contributed by atoms with E-state index >= 15 is 0 Å². The number of hydrogen-bond acceptors (Lipinski definition) is 4. The molecule has 2 heterocycles. The minimum absolute atomic E-state index is 0.0759. The van der Waals surface area contributed by atoms with Crippen molar-refractivity contribution in [3.63, 3.8) is 0 Å². The second-order valence-electron chi connectivity index (χ2n) is 5.89. The lowest BCUT2D eigenvalue weighted by atomic mass is 10.2. The molecule has 0 aliphatic carbocycles. The van der Waals surface area contributed by atoms with Gasteiger partial charge in [0.15, 0.2) is 0 Å². The van der Waals surface area contributed by atoms with E-state index in [1.165, 1.54) is 10.4 Å². The van der Waals surface area contributed by atoms with Crippen LogP contribution >= 0.6 is 11.6 Å². The molecule has 1 N–H and O–H groups in total. The molecule has 1 saturated heterocycles. The lowest BCUT2D eigenvalue weighted by Crippen LogP contribution is -2.50. The third kappa shape index (κ3) is 3.21. The first kappa shape index (κ1) is 17.4. The standard InChI is InChI=1S/C16H21ClN4O2S/c1-3-20-8-9-21(11-14(20)16-18-6-7-19-16)24(22,23)15-10-13(17)5-4-12(15)2/h4-7,10,14H,3,8-9,11H2,1-2H3,(H,18,19)/t14-/m1/s1. The number of benzene rings is 1. The highest BCUT2D eigenvalue weighted by Gasteiger charge is 2.36. The van der Waals surface area contributed by atoms with Gasteiger partial charge in [0.05, 0.1) is 10.9 Å². The van der Waals surface area contributed by atoms with Crippen molar-refractivity contribution in [2.45, 2.75) is 24.8 Å². The molecule has 24 heavy (non-hydrogen) atoms. The zero-order valence-corrected chi connectivity index (χ0v) is 15.3. The number of aromatic nitrogens is 2. The Kier molecular flexibility index (Phi) is 4.96. The van der Waals surface area contributed by atoms with Gasteiger partial charge in [-0.2, -0.15) is 4.31 Å². The number of piperazine rings is 1. The molecule has 1 aromatic carbocycles. The van der Waals surface area contributed by atoms with Crippen LogP contribution in [-0.2, 0) is 10.0 Å². The number of nitrogens with zero attached hydrogens (tertiary/aromatic N) is 3.